The van der Waals surface area contributed by atoms with E-state index in [1.54, 1.807) is 13.8 Å². The quantitative estimate of drug-likeness (QED) is 0.312. The summed E-state index contributed by atoms with van der Waals surface area (Å²) < 4.78 is 9.71. The van der Waals surface area contributed by atoms with Gasteiger partial charge in [-0.2, -0.15) is 0 Å². The molecular weight excluding hydrogens is 366 g/mol. The SMILES string of the molecule is CCOC(=O)C(=O)NNC(=O)[C@@H](Cc1ccccc1)NCC(=O)OC(C)CC. The van der Waals surface area contributed by atoms with Crippen molar-refractivity contribution in [2.75, 3.05) is 13.2 Å². The Balaban J connectivity index is 2.68. The number of benzene rings is 1. The summed E-state index contributed by atoms with van der Waals surface area (Å²) in [6.07, 6.45) is 0.720. The van der Waals surface area contributed by atoms with Gasteiger partial charge in [-0.1, -0.05) is 37.3 Å². The number of hydrogen-bond acceptors (Lipinski definition) is 7. The molecule has 0 aromatic heterocycles. The normalized spacial score (nSPS) is 12.4. The maximum absolute atomic E-state index is 12.4. The minimum Gasteiger partial charge on any atom is -0.462 e. The van der Waals surface area contributed by atoms with Crippen molar-refractivity contribution in [3.8, 4) is 0 Å². The maximum Gasteiger partial charge on any atom is 0.398 e. The van der Waals surface area contributed by atoms with Crippen LogP contribution in [-0.2, 0) is 35.1 Å². The first-order valence-electron chi connectivity index (χ1n) is 9.11. The highest BCUT2D eigenvalue weighted by atomic mass is 16.5. The van der Waals surface area contributed by atoms with E-state index in [4.69, 9.17) is 4.74 Å². The summed E-state index contributed by atoms with van der Waals surface area (Å²) >= 11 is 0. The Labute approximate surface area is 164 Å². The van der Waals surface area contributed by atoms with Gasteiger partial charge in [-0.3, -0.25) is 30.6 Å². The minimum atomic E-state index is -1.10. The molecule has 0 bridgehead atoms. The first kappa shape index (κ1) is 23.1. The summed E-state index contributed by atoms with van der Waals surface area (Å²) in [6.45, 7) is 5.08. The molecule has 28 heavy (non-hydrogen) atoms. The first-order valence-corrected chi connectivity index (χ1v) is 9.11. The molecule has 0 saturated carbocycles. The van der Waals surface area contributed by atoms with Crippen molar-refractivity contribution in [1.82, 2.24) is 16.2 Å². The van der Waals surface area contributed by atoms with E-state index in [0.717, 1.165) is 5.56 Å². The van der Waals surface area contributed by atoms with Gasteiger partial charge in [0.25, 0.3) is 5.91 Å². The molecule has 154 valence electrons. The van der Waals surface area contributed by atoms with Gasteiger partial charge in [-0.25, -0.2) is 4.79 Å². The van der Waals surface area contributed by atoms with Crippen LogP contribution in [0.2, 0.25) is 0 Å². The van der Waals surface area contributed by atoms with Crippen LogP contribution in [0.25, 0.3) is 0 Å². The molecule has 9 heteroatoms. The Morgan fingerprint density at radius 3 is 2.32 bits per heavy atom. The van der Waals surface area contributed by atoms with Crippen LogP contribution in [0, 0.1) is 0 Å². The number of carbonyl (C=O) groups is 4. The average molecular weight is 393 g/mol. The molecule has 1 aromatic rings. The third kappa shape index (κ3) is 8.63. The lowest BCUT2D eigenvalue weighted by Crippen LogP contribution is -2.54. The highest BCUT2D eigenvalue weighted by molar-refractivity contribution is 6.32. The Hall–Kier alpha value is -2.94. The van der Waals surface area contributed by atoms with Crippen LogP contribution >= 0.6 is 0 Å². The van der Waals surface area contributed by atoms with E-state index >= 15 is 0 Å². The van der Waals surface area contributed by atoms with Gasteiger partial charge in [0.1, 0.15) is 0 Å². The van der Waals surface area contributed by atoms with Crippen molar-refractivity contribution < 1.29 is 28.7 Å². The standard InChI is InChI=1S/C19H27N3O6/c1-4-13(3)28-16(23)12-20-15(11-14-9-7-6-8-10-14)17(24)21-22-18(25)19(26)27-5-2/h6-10,13,15,20H,4-5,11-12H2,1-3H3,(H,21,24)(H,22,25)/t13?,15-/m1/s1. The minimum absolute atomic E-state index is 0.0384. The van der Waals surface area contributed by atoms with Crippen LogP contribution in [-0.4, -0.2) is 49.1 Å². The monoisotopic (exact) mass is 393 g/mol. The van der Waals surface area contributed by atoms with Gasteiger partial charge in [0.05, 0.1) is 25.3 Å². The second kappa shape index (κ2) is 12.4. The van der Waals surface area contributed by atoms with E-state index in [9.17, 15) is 19.2 Å². The molecule has 0 saturated heterocycles. The maximum atomic E-state index is 12.4. The zero-order valence-corrected chi connectivity index (χ0v) is 16.3. The lowest BCUT2D eigenvalue weighted by molar-refractivity contribution is -0.155. The number of carbonyl (C=O) groups excluding carboxylic acids is 4. The summed E-state index contributed by atoms with van der Waals surface area (Å²) in [5, 5.41) is 2.82. The van der Waals surface area contributed by atoms with Crippen LogP contribution in [0.5, 0.6) is 0 Å². The molecule has 1 unspecified atom stereocenters. The largest absolute Gasteiger partial charge is 0.462 e. The lowest BCUT2D eigenvalue weighted by atomic mass is 10.1. The van der Waals surface area contributed by atoms with Crippen LogP contribution in [0.4, 0.5) is 0 Å². The molecule has 9 nitrogen and oxygen atoms in total. The molecule has 2 atom stereocenters. The van der Waals surface area contributed by atoms with E-state index < -0.39 is 29.8 Å². The fraction of sp³-hybridized carbons (Fsp3) is 0.474. The zero-order chi connectivity index (χ0) is 20.9. The van der Waals surface area contributed by atoms with E-state index in [0.29, 0.717) is 6.42 Å². The Morgan fingerprint density at radius 2 is 1.71 bits per heavy atom. The highest BCUT2D eigenvalue weighted by Crippen LogP contribution is 2.04. The first-order chi connectivity index (χ1) is 13.4. The van der Waals surface area contributed by atoms with Crippen molar-refractivity contribution in [2.24, 2.45) is 0 Å². The van der Waals surface area contributed by atoms with Crippen LogP contribution < -0.4 is 16.2 Å². The summed E-state index contributed by atoms with van der Waals surface area (Å²) in [7, 11) is 0. The third-order valence-electron chi connectivity index (χ3n) is 3.76. The Morgan fingerprint density at radius 1 is 1.04 bits per heavy atom. The molecule has 1 rings (SSSR count). The van der Waals surface area contributed by atoms with Crippen molar-refractivity contribution in [3.63, 3.8) is 0 Å². The van der Waals surface area contributed by atoms with Crippen molar-refractivity contribution in [3.05, 3.63) is 35.9 Å². The number of nitrogens with one attached hydrogen (secondary N) is 3. The molecule has 0 aliphatic heterocycles. The van der Waals surface area contributed by atoms with Gasteiger partial charge in [0.2, 0.25) is 0 Å². The number of rotatable bonds is 9. The van der Waals surface area contributed by atoms with Crippen LogP contribution in [0.3, 0.4) is 0 Å². The Bertz CT molecular complexity index is 665. The molecule has 1 aromatic carbocycles. The second-order valence-electron chi connectivity index (χ2n) is 6.00. The molecule has 0 spiro atoms. The average Bonchev–Trinajstić information content (AvgIpc) is 2.69. The van der Waals surface area contributed by atoms with E-state index in [-0.39, 0.29) is 25.7 Å². The zero-order valence-electron chi connectivity index (χ0n) is 16.3. The van der Waals surface area contributed by atoms with Gasteiger partial charge in [-0.05, 0) is 32.3 Å². The Kier molecular flexibility index (Phi) is 10.3. The van der Waals surface area contributed by atoms with Crippen molar-refractivity contribution >= 4 is 23.8 Å². The van der Waals surface area contributed by atoms with Crippen molar-refractivity contribution in [2.45, 2.75) is 45.8 Å². The van der Waals surface area contributed by atoms with Gasteiger partial charge in [0.15, 0.2) is 0 Å². The fourth-order valence-electron chi connectivity index (χ4n) is 2.12. The fourth-order valence-corrected chi connectivity index (χ4v) is 2.12. The van der Waals surface area contributed by atoms with E-state index in [1.165, 1.54) is 0 Å². The molecule has 0 heterocycles. The van der Waals surface area contributed by atoms with E-state index in [1.807, 2.05) is 42.7 Å². The number of ether oxygens (including phenoxy) is 2. The summed E-state index contributed by atoms with van der Waals surface area (Å²) in [4.78, 5) is 47.1. The highest BCUT2D eigenvalue weighted by Gasteiger charge is 2.22. The number of esters is 2. The number of hydrazine groups is 1. The molecular formula is C19H27N3O6. The summed E-state index contributed by atoms with van der Waals surface area (Å²) in [6, 6.07) is 8.31. The predicted octanol–water partition coefficient (Wildman–Crippen LogP) is 0.240. The van der Waals surface area contributed by atoms with Gasteiger partial charge >= 0.3 is 17.8 Å². The van der Waals surface area contributed by atoms with Crippen LogP contribution in [0.15, 0.2) is 30.3 Å². The molecule has 0 fully saturated rings. The molecule has 0 aliphatic rings. The second-order valence-corrected chi connectivity index (χ2v) is 6.00. The van der Waals surface area contributed by atoms with Gasteiger partial charge in [-0.15, -0.1) is 0 Å². The molecule has 2 amide bonds. The van der Waals surface area contributed by atoms with Gasteiger partial charge in [0, 0.05) is 0 Å². The summed E-state index contributed by atoms with van der Waals surface area (Å²) in [5.74, 6) is -3.30. The number of hydrogen-bond donors (Lipinski definition) is 3. The predicted molar refractivity (Wildman–Crippen MR) is 101 cm³/mol. The lowest BCUT2D eigenvalue weighted by Gasteiger charge is -2.19. The van der Waals surface area contributed by atoms with Gasteiger partial charge < -0.3 is 9.47 Å². The topological polar surface area (TPSA) is 123 Å². The third-order valence-corrected chi connectivity index (χ3v) is 3.76. The number of amides is 2. The molecule has 0 radical (unpaired) electrons. The van der Waals surface area contributed by atoms with Crippen molar-refractivity contribution in [1.29, 1.82) is 0 Å². The van der Waals surface area contributed by atoms with Crippen LogP contribution in [0.1, 0.15) is 32.8 Å². The smallest absolute Gasteiger partial charge is 0.398 e. The molecule has 0 aliphatic carbocycles. The van der Waals surface area contributed by atoms with E-state index in [2.05, 4.69) is 15.5 Å². The summed E-state index contributed by atoms with van der Waals surface area (Å²) in [5.41, 5.74) is 5.01. The molecule has 3 N–H and O–H groups in total.